The highest BCUT2D eigenvalue weighted by Gasteiger charge is 2.21. The van der Waals surface area contributed by atoms with Crippen molar-refractivity contribution in [2.75, 3.05) is 24.5 Å². The van der Waals surface area contributed by atoms with Gasteiger partial charge in [0, 0.05) is 31.9 Å². The molecule has 0 bridgehead atoms. The summed E-state index contributed by atoms with van der Waals surface area (Å²) in [5.74, 6) is 0.926. The van der Waals surface area contributed by atoms with Crippen LogP contribution >= 0.6 is 0 Å². The van der Waals surface area contributed by atoms with Gasteiger partial charge >= 0.3 is 0 Å². The second-order valence-electron chi connectivity index (χ2n) is 6.51. The van der Waals surface area contributed by atoms with E-state index in [1.165, 1.54) is 5.56 Å². The van der Waals surface area contributed by atoms with E-state index >= 15 is 0 Å². The second kappa shape index (κ2) is 8.58. The maximum Gasteiger partial charge on any atom is 0.234 e. The molecule has 1 aliphatic rings. The molecule has 1 aromatic carbocycles. The molecule has 2 aromatic rings. The topological polar surface area (TPSA) is 70.2 Å². The first-order chi connectivity index (χ1) is 12.2. The van der Waals surface area contributed by atoms with Gasteiger partial charge in [-0.1, -0.05) is 29.8 Å². The highest BCUT2D eigenvalue weighted by molar-refractivity contribution is 5.78. The van der Waals surface area contributed by atoms with E-state index in [1.807, 2.05) is 24.3 Å². The van der Waals surface area contributed by atoms with Crippen LogP contribution in [-0.2, 0) is 11.3 Å². The number of benzene rings is 1. The van der Waals surface area contributed by atoms with Gasteiger partial charge in [-0.15, -0.1) is 5.10 Å². The van der Waals surface area contributed by atoms with Crippen LogP contribution in [0.5, 0.6) is 0 Å². The van der Waals surface area contributed by atoms with E-state index in [-0.39, 0.29) is 5.91 Å². The van der Waals surface area contributed by atoms with E-state index in [1.54, 1.807) is 6.20 Å². The third-order valence-corrected chi connectivity index (χ3v) is 4.47. The summed E-state index contributed by atoms with van der Waals surface area (Å²) in [5.41, 5.74) is 2.34. The van der Waals surface area contributed by atoms with Gasteiger partial charge in [0.1, 0.15) is 0 Å². The standard InChI is InChI=1S/C19H25N5O/c1-15-6-8-16(9-7-15)12-21-19(25)13-20-17-4-3-11-24(14-17)18-5-2-10-22-23-18/h2,5-10,17,20H,3-4,11-14H2,1H3,(H,21,25). The molecule has 2 N–H and O–H groups in total. The Labute approximate surface area is 148 Å². The number of aromatic nitrogens is 2. The molecule has 2 heterocycles. The lowest BCUT2D eigenvalue weighted by Crippen LogP contribution is -2.48. The molecule has 1 atom stereocenters. The van der Waals surface area contributed by atoms with Gasteiger partial charge in [0.05, 0.1) is 6.54 Å². The quantitative estimate of drug-likeness (QED) is 0.838. The second-order valence-corrected chi connectivity index (χ2v) is 6.51. The molecule has 132 valence electrons. The van der Waals surface area contributed by atoms with Crippen LogP contribution in [0, 0.1) is 6.92 Å². The number of hydrogen-bond acceptors (Lipinski definition) is 5. The fraction of sp³-hybridized carbons (Fsp3) is 0.421. The number of nitrogens with zero attached hydrogens (tertiary/aromatic N) is 3. The fourth-order valence-corrected chi connectivity index (χ4v) is 3.02. The first-order valence-electron chi connectivity index (χ1n) is 8.79. The summed E-state index contributed by atoms with van der Waals surface area (Å²) in [7, 11) is 0. The summed E-state index contributed by atoms with van der Waals surface area (Å²) < 4.78 is 0. The third-order valence-electron chi connectivity index (χ3n) is 4.47. The van der Waals surface area contributed by atoms with Gasteiger partial charge in [-0.3, -0.25) is 4.79 Å². The smallest absolute Gasteiger partial charge is 0.234 e. The minimum atomic E-state index is 0.0252. The number of hydrogen-bond donors (Lipinski definition) is 2. The lowest BCUT2D eigenvalue weighted by Gasteiger charge is -2.33. The molecule has 1 unspecified atom stereocenters. The average molecular weight is 339 g/mol. The van der Waals surface area contributed by atoms with Crippen LogP contribution in [0.1, 0.15) is 24.0 Å². The zero-order chi connectivity index (χ0) is 17.5. The van der Waals surface area contributed by atoms with Crippen molar-refractivity contribution < 1.29 is 4.79 Å². The number of amides is 1. The van der Waals surface area contributed by atoms with Gasteiger partial charge in [-0.05, 0) is 37.5 Å². The maximum absolute atomic E-state index is 12.1. The van der Waals surface area contributed by atoms with Gasteiger partial charge in [0.2, 0.25) is 5.91 Å². The SMILES string of the molecule is Cc1ccc(CNC(=O)CNC2CCCN(c3cccnn3)C2)cc1. The van der Waals surface area contributed by atoms with Crippen molar-refractivity contribution in [1.82, 2.24) is 20.8 Å². The Balaban J connectivity index is 1.41. The number of carbonyl (C=O) groups excluding carboxylic acids is 1. The van der Waals surface area contributed by atoms with Gasteiger partial charge in [0.25, 0.3) is 0 Å². The molecule has 6 nitrogen and oxygen atoms in total. The first-order valence-corrected chi connectivity index (χ1v) is 8.79. The van der Waals surface area contributed by atoms with Crippen molar-refractivity contribution >= 4 is 11.7 Å². The van der Waals surface area contributed by atoms with E-state index in [0.29, 0.717) is 19.1 Å². The van der Waals surface area contributed by atoms with Gasteiger partial charge < -0.3 is 15.5 Å². The summed E-state index contributed by atoms with van der Waals surface area (Å²) in [4.78, 5) is 14.3. The lowest BCUT2D eigenvalue weighted by molar-refractivity contribution is -0.120. The summed E-state index contributed by atoms with van der Waals surface area (Å²) in [6.45, 7) is 4.79. The van der Waals surface area contributed by atoms with E-state index in [0.717, 1.165) is 37.3 Å². The molecule has 0 spiro atoms. The van der Waals surface area contributed by atoms with Crippen molar-refractivity contribution in [2.45, 2.75) is 32.4 Å². The zero-order valence-corrected chi connectivity index (χ0v) is 14.6. The fourth-order valence-electron chi connectivity index (χ4n) is 3.02. The number of rotatable bonds is 6. The normalized spacial score (nSPS) is 17.3. The van der Waals surface area contributed by atoms with Crippen molar-refractivity contribution in [3.05, 3.63) is 53.7 Å². The van der Waals surface area contributed by atoms with E-state index in [4.69, 9.17) is 0 Å². The molecule has 25 heavy (non-hydrogen) atoms. The predicted octanol–water partition coefficient (Wildman–Crippen LogP) is 1.66. The van der Waals surface area contributed by atoms with Gasteiger partial charge in [-0.2, -0.15) is 5.10 Å². The Morgan fingerprint density at radius 3 is 2.88 bits per heavy atom. The Morgan fingerprint density at radius 1 is 1.28 bits per heavy atom. The largest absolute Gasteiger partial charge is 0.354 e. The van der Waals surface area contributed by atoms with Crippen LogP contribution < -0.4 is 15.5 Å². The zero-order valence-electron chi connectivity index (χ0n) is 14.6. The highest BCUT2D eigenvalue weighted by Crippen LogP contribution is 2.16. The predicted molar refractivity (Wildman–Crippen MR) is 98.3 cm³/mol. The van der Waals surface area contributed by atoms with Gasteiger partial charge in [-0.25, -0.2) is 0 Å². The molecule has 1 aliphatic heterocycles. The van der Waals surface area contributed by atoms with Crippen LogP contribution in [0.15, 0.2) is 42.6 Å². The molecule has 1 amide bonds. The molecule has 6 heteroatoms. The molecular weight excluding hydrogens is 314 g/mol. The molecule has 0 aliphatic carbocycles. The first kappa shape index (κ1) is 17.4. The molecular formula is C19H25N5O. The number of anilines is 1. The van der Waals surface area contributed by atoms with Gasteiger partial charge in [0.15, 0.2) is 5.82 Å². The average Bonchev–Trinajstić information content (AvgIpc) is 2.67. The van der Waals surface area contributed by atoms with Crippen LogP contribution in [0.3, 0.4) is 0 Å². The minimum Gasteiger partial charge on any atom is -0.354 e. The molecule has 1 aromatic heterocycles. The molecule has 0 radical (unpaired) electrons. The summed E-state index contributed by atoms with van der Waals surface area (Å²) in [5, 5.41) is 14.4. The Kier molecular flexibility index (Phi) is 5.95. The lowest BCUT2D eigenvalue weighted by atomic mass is 10.1. The molecule has 0 saturated carbocycles. The van der Waals surface area contributed by atoms with Crippen LogP contribution in [0.2, 0.25) is 0 Å². The third kappa shape index (κ3) is 5.26. The Bertz CT molecular complexity index is 674. The summed E-state index contributed by atoms with van der Waals surface area (Å²) in [6, 6.07) is 12.4. The maximum atomic E-state index is 12.1. The van der Waals surface area contributed by atoms with Crippen LogP contribution in [-0.4, -0.2) is 41.8 Å². The number of aryl methyl sites for hydroxylation is 1. The van der Waals surface area contributed by atoms with Crippen molar-refractivity contribution in [2.24, 2.45) is 0 Å². The summed E-state index contributed by atoms with van der Waals surface area (Å²) >= 11 is 0. The Hall–Kier alpha value is -2.47. The van der Waals surface area contributed by atoms with Crippen LogP contribution in [0.4, 0.5) is 5.82 Å². The van der Waals surface area contributed by atoms with E-state index in [2.05, 4.69) is 44.8 Å². The van der Waals surface area contributed by atoms with Crippen LogP contribution in [0.25, 0.3) is 0 Å². The molecule has 1 saturated heterocycles. The van der Waals surface area contributed by atoms with E-state index < -0.39 is 0 Å². The minimum absolute atomic E-state index is 0.0252. The summed E-state index contributed by atoms with van der Waals surface area (Å²) in [6.07, 6.45) is 3.84. The Morgan fingerprint density at radius 2 is 2.12 bits per heavy atom. The van der Waals surface area contributed by atoms with Crippen molar-refractivity contribution in [3.63, 3.8) is 0 Å². The highest BCUT2D eigenvalue weighted by atomic mass is 16.1. The molecule has 3 rings (SSSR count). The number of piperidine rings is 1. The number of carbonyl (C=O) groups is 1. The monoisotopic (exact) mass is 339 g/mol. The van der Waals surface area contributed by atoms with E-state index in [9.17, 15) is 4.79 Å². The van der Waals surface area contributed by atoms with Crippen molar-refractivity contribution in [1.29, 1.82) is 0 Å². The molecule has 1 fully saturated rings. The van der Waals surface area contributed by atoms with Crippen molar-refractivity contribution in [3.8, 4) is 0 Å². The number of nitrogens with one attached hydrogen (secondary N) is 2.